The standard InChI is InChI=1S/C31H31N5O3/c1-19-6-3-10-28(32-19)33-31(39)27-9-5-15-35(27)29(38)18-36-26-14-13-24(17-25(26)30(34-36)20(2)37)23-12-11-21-7-4-8-22(21)16-23/h3,6,10-14,16-17,27H,4-5,7-9,15,18H2,1-2H3,(H,32,33,39). The third kappa shape index (κ3) is 4.82. The fourth-order valence-corrected chi connectivity index (χ4v) is 5.87. The van der Waals surface area contributed by atoms with Crippen molar-refractivity contribution < 1.29 is 14.4 Å². The van der Waals surface area contributed by atoms with E-state index in [0.717, 1.165) is 47.0 Å². The Hall–Kier alpha value is -4.33. The third-order valence-electron chi connectivity index (χ3n) is 7.82. The summed E-state index contributed by atoms with van der Waals surface area (Å²) in [5.41, 5.74) is 6.82. The first kappa shape index (κ1) is 25.0. The number of nitrogens with zero attached hydrogens (tertiary/aromatic N) is 4. The van der Waals surface area contributed by atoms with Crippen molar-refractivity contribution in [2.45, 2.75) is 58.5 Å². The molecule has 3 heterocycles. The van der Waals surface area contributed by atoms with Gasteiger partial charge in [-0.2, -0.15) is 5.10 Å². The third-order valence-corrected chi connectivity index (χ3v) is 7.82. The van der Waals surface area contributed by atoms with E-state index in [2.05, 4.69) is 33.6 Å². The average molecular weight is 522 g/mol. The van der Waals surface area contributed by atoms with Crippen molar-refractivity contribution in [3.8, 4) is 11.1 Å². The van der Waals surface area contributed by atoms with Crippen LogP contribution in [0.1, 0.15) is 53.5 Å². The average Bonchev–Trinajstić information content (AvgIpc) is 3.66. The van der Waals surface area contributed by atoms with Crippen molar-refractivity contribution in [3.05, 3.63) is 77.1 Å². The minimum atomic E-state index is -0.569. The Labute approximate surface area is 227 Å². The number of Topliss-reactive ketones (excluding diaryl/α,β-unsaturated/α-hetero) is 1. The molecule has 8 nitrogen and oxygen atoms in total. The summed E-state index contributed by atoms with van der Waals surface area (Å²) < 4.78 is 1.59. The number of amides is 2. The van der Waals surface area contributed by atoms with Crippen LogP contribution in [0.2, 0.25) is 0 Å². The van der Waals surface area contributed by atoms with Crippen molar-refractivity contribution in [3.63, 3.8) is 0 Å². The molecule has 1 aliphatic heterocycles. The van der Waals surface area contributed by atoms with E-state index in [0.29, 0.717) is 24.5 Å². The van der Waals surface area contributed by atoms with Crippen LogP contribution in [-0.2, 0) is 29.0 Å². The van der Waals surface area contributed by atoms with Gasteiger partial charge in [-0.1, -0.05) is 30.3 Å². The molecule has 4 aromatic rings. The van der Waals surface area contributed by atoms with Crippen molar-refractivity contribution in [2.24, 2.45) is 0 Å². The van der Waals surface area contributed by atoms with Crippen LogP contribution < -0.4 is 5.32 Å². The molecule has 2 amide bonds. The summed E-state index contributed by atoms with van der Waals surface area (Å²) in [5, 5.41) is 8.13. The first-order chi connectivity index (χ1) is 18.9. The normalized spacial score (nSPS) is 16.5. The lowest BCUT2D eigenvalue weighted by Crippen LogP contribution is -2.44. The maximum absolute atomic E-state index is 13.4. The van der Waals surface area contributed by atoms with Crippen molar-refractivity contribution in [1.29, 1.82) is 0 Å². The Balaban J connectivity index is 1.25. The van der Waals surface area contributed by atoms with E-state index in [-0.39, 0.29) is 24.1 Å². The largest absolute Gasteiger partial charge is 0.329 e. The highest BCUT2D eigenvalue weighted by Crippen LogP contribution is 2.31. The summed E-state index contributed by atoms with van der Waals surface area (Å²) >= 11 is 0. The molecule has 1 aliphatic carbocycles. The molecule has 8 heteroatoms. The predicted octanol–water partition coefficient (Wildman–Crippen LogP) is 4.73. The molecule has 0 radical (unpaired) electrons. The maximum atomic E-state index is 13.4. The second-order valence-corrected chi connectivity index (χ2v) is 10.5. The number of anilines is 1. The van der Waals surface area contributed by atoms with Crippen LogP contribution in [-0.4, -0.2) is 49.8 Å². The monoisotopic (exact) mass is 521 g/mol. The zero-order valence-corrected chi connectivity index (χ0v) is 22.2. The van der Waals surface area contributed by atoms with Gasteiger partial charge in [-0.25, -0.2) is 4.98 Å². The number of likely N-dealkylation sites (tertiary alicyclic amines) is 1. The van der Waals surface area contributed by atoms with Crippen molar-refractivity contribution >= 4 is 34.3 Å². The number of ketones is 1. The number of benzene rings is 2. The molecule has 198 valence electrons. The molecule has 1 unspecified atom stereocenters. The van der Waals surface area contributed by atoms with E-state index in [4.69, 9.17) is 0 Å². The molecular weight excluding hydrogens is 490 g/mol. The van der Waals surface area contributed by atoms with Crippen LogP contribution in [0, 0.1) is 6.92 Å². The summed E-state index contributed by atoms with van der Waals surface area (Å²) in [6.07, 6.45) is 4.75. The molecule has 0 bridgehead atoms. The van der Waals surface area contributed by atoms with E-state index in [1.165, 1.54) is 24.5 Å². The second kappa shape index (κ2) is 10.1. The molecular formula is C31H31N5O3. The smallest absolute Gasteiger partial charge is 0.248 e. The van der Waals surface area contributed by atoms with Gasteiger partial charge in [0.05, 0.1) is 5.52 Å². The summed E-state index contributed by atoms with van der Waals surface area (Å²) in [5.74, 6) is -0.122. The Morgan fingerprint density at radius 2 is 1.77 bits per heavy atom. The van der Waals surface area contributed by atoms with Crippen LogP contribution >= 0.6 is 0 Å². The molecule has 2 aromatic heterocycles. The first-order valence-electron chi connectivity index (χ1n) is 13.5. The fourth-order valence-electron chi connectivity index (χ4n) is 5.87. The van der Waals surface area contributed by atoms with Crippen LogP contribution in [0.3, 0.4) is 0 Å². The van der Waals surface area contributed by atoms with Gasteiger partial charge in [0.2, 0.25) is 11.8 Å². The number of carbonyl (C=O) groups excluding carboxylic acids is 3. The highest BCUT2D eigenvalue weighted by Gasteiger charge is 2.34. The van der Waals surface area contributed by atoms with Crippen molar-refractivity contribution in [1.82, 2.24) is 19.7 Å². The molecule has 1 saturated heterocycles. The molecule has 2 aromatic carbocycles. The number of fused-ring (bicyclic) bond motifs is 2. The number of nitrogens with one attached hydrogen (secondary N) is 1. The molecule has 0 saturated carbocycles. The lowest BCUT2D eigenvalue weighted by Gasteiger charge is -2.24. The minimum Gasteiger partial charge on any atom is -0.329 e. The van der Waals surface area contributed by atoms with E-state index in [1.807, 2.05) is 37.3 Å². The zero-order valence-electron chi connectivity index (χ0n) is 22.2. The molecule has 1 N–H and O–H groups in total. The van der Waals surface area contributed by atoms with E-state index >= 15 is 0 Å². The number of hydrogen-bond acceptors (Lipinski definition) is 5. The van der Waals surface area contributed by atoms with Crippen molar-refractivity contribution in [2.75, 3.05) is 11.9 Å². The Kier molecular flexibility index (Phi) is 6.46. The number of aromatic nitrogens is 3. The van der Waals surface area contributed by atoms with Gasteiger partial charge < -0.3 is 10.2 Å². The highest BCUT2D eigenvalue weighted by molar-refractivity contribution is 6.06. The zero-order chi connectivity index (χ0) is 27.1. The molecule has 39 heavy (non-hydrogen) atoms. The van der Waals surface area contributed by atoms with E-state index in [1.54, 1.807) is 15.6 Å². The lowest BCUT2D eigenvalue weighted by molar-refractivity contribution is -0.137. The topological polar surface area (TPSA) is 97.2 Å². The summed E-state index contributed by atoms with van der Waals surface area (Å²) in [6, 6.07) is 17.4. The van der Waals surface area contributed by atoms with Crippen LogP contribution in [0.5, 0.6) is 0 Å². The van der Waals surface area contributed by atoms with Gasteiger partial charge in [0.1, 0.15) is 24.1 Å². The van der Waals surface area contributed by atoms with Gasteiger partial charge in [-0.15, -0.1) is 0 Å². The Bertz CT molecular complexity index is 1620. The Morgan fingerprint density at radius 3 is 2.59 bits per heavy atom. The van der Waals surface area contributed by atoms with Crippen LogP contribution in [0.25, 0.3) is 22.0 Å². The lowest BCUT2D eigenvalue weighted by atomic mass is 9.99. The molecule has 1 atom stereocenters. The summed E-state index contributed by atoms with van der Waals surface area (Å²) in [4.78, 5) is 45.0. The number of carbonyl (C=O) groups is 3. The highest BCUT2D eigenvalue weighted by atomic mass is 16.2. The molecule has 6 rings (SSSR count). The fraction of sp³-hybridized carbons (Fsp3) is 0.323. The second-order valence-electron chi connectivity index (χ2n) is 10.5. The quantitative estimate of drug-likeness (QED) is 0.370. The Morgan fingerprint density at radius 1 is 0.974 bits per heavy atom. The van der Waals surface area contributed by atoms with Gasteiger partial charge >= 0.3 is 0 Å². The van der Waals surface area contributed by atoms with Gasteiger partial charge in [-0.05, 0) is 85.5 Å². The summed E-state index contributed by atoms with van der Waals surface area (Å²) in [7, 11) is 0. The van der Waals surface area contributed by atoms with E-state index in [9.17, 15) is 14.4 Å². The molecule has 2 aliphatic rings. The first-order valence-corrected chi connectivity index (χ1v) is 13.5. The SMILES string of the molecule is CC(=O)c1nn(CC(=O)N2CCCC2C(=O)Nc2cccc(C)n2)c2ccc(-c3ccc4c(c3)CCC4)cc12. The maximum Gasteiger partial charge on any atom is 0.248 e. The number of aryl methyl sites for hydroxylation is 3. The van der Waals surface area contributed by atoms with Crippen LogP contribution in [0.4, 0.5) is 5.82 Å². The van der Waals surface area contributed by atoms with Gasteiger partial charge in [-0.3, -0.25) is 19.1 Å². The van der Waals surface area contributed by atoms with Gasteiger partial charge in [0.25, 0.3) is 0 Å². The number of pyridine rings is 1. The van der Waals surface area contributed by atoms with Crippen LogP contribution in [0.15, 0.2) is 54.6 Å². The molecule has 1 fully saturated rings. The number of rotatable bonds is 6. The summed E-state index contributed by atoms with van der Waals surface area (Å²) in [6.45, 7) is 3.81. The predicted molar refractivity (Wildman–Crippen MR) is 150 cm³/mol. The van der Waals surface area contributed by atoms with E-state index < -0.39 is 6.04 Å². The minimum absolute atomic E-state index is 0.0472. The van der Waals surface area contributed by atoms with Gasteiger partial charge in [0.15, 0.2) is 5.78 Å². The van der Waals surface area contributed by atoms with Gasteiger partial charge in [0, 0.05) is 24.5 Å². The molecule has 0 spiro atoms. The number of hydrogen-bond donors (Lipinski definition) is 1.